The molecule has 6 heteroatoms. The van der Waals surface area contributed by atoms with Crippen LogP contribution in [0.4, 0.5) is 34.4 Å². The molecule has 0 saturated heterocycles. The molecule has 2 aromatic heterocycles. The maximum Gasteiger partial charge on any atom is 0.292 e. The smallest absolute Gasteiger partial charge is 0.292 e. The van der Waals surface area contributed by atoms with Crippen LogP contribution in [0, 0.1) is 0 Å². The lowest BCUT2D eigenvalue weighted by Crippen LogP contribution is -2.71. The fourth-order valence-electron chi connectivity index (χ4n) is 9.94. The number of hydrogen-bond donors (Lipinski definition) is 0. The first-order valence-electron chi connectivity index (χ1n) is 16.1. The van der Waals surface area contributed by atoms with E-state index in [1.807, 2.05) is 6.20 Å². The van der Waals surface area contributed by atoms with Crippen molar-refractivity contribution in [1.82, 2.24) is 4.98 Å². The third-order valence-corrected chi connectivity index (χ3v) is 11.6. The molecule has 0 aliphatic carbocycles. The number of likely N-dealkylation sites (N-methyl/N-ethyl adjacent to an activating group) is 1. The van der Waals surface area contributed by atoms with Gasteiger partial charge in [-0.25, -0.2) is 9.55 Å². The minimum atomic E-state index is -0.621. The molecule has 0 N–H and O–H groups in total. The lowest BCUT2D eigenvalue weighted by molar-refractivity contribution is -0.735. The van der Waals surface area contributed by atoms with Crippen molar-refractivity contribution in [3.05, 3.63) is 132 Å². The highest BCUT2D eigenvalue weighted by atomic mass is 16.5. The van der Waals surface area contributed by atoms with Gasteiger partial charge in [0.05, 0.1) is 34.3 Å². The summed E-state index contributed by atoms with van der Waals surface area (Å²) in [6.07, 6.45) is 4.14. The van der Waals surface area contributed by atoms with Gasteiger partial charge in [0.1, 0.15) is 17.2 Å². The van der Waals surface area contributed by atoms with Crippen LogP contribution < -0.4 is 24.0 Å². The predicted octanol–water partition coefficient (Wildman–Crippen LogP) is 8.26. The maximum atomic E-state index is 6.98. The van der Waals surface area contributed by atoms with E-state index in [0.717, 1.165) is 28.7 Å². The number of pyridine rings is 2. The molecule has 6 aromatic rings. The minimum absolute atomic E-state index is 0.0976. The molecule has 46 heavy (non-hydrogen) atoms. The zero-order chi connectivity index (χ0) is 30.3. The fraction of sp³-hybridized carbons (Fsp3) is 0.150. The fourth-order valence-corrected chi connectivity index (χ4v) is 9.94. The zero-order valence-electron chi connectivity index (χ0n) is 25.6. The van der Waals surface area contributed by atoms with Crippen LogP contribution >= 0.6 is 0 Å². The quantitative estimate of drug-likeness (QED) is 0.165. The molecule has 6 aliphatic heterocycles. The largest absolute Gasteiger partial charge is 0.456 e. The summed E-state index contributed by atoms with van der Waals surface area (Å²) in [7, 11) is 2.23. The summed E-state index contributed by atoms with van der Waals surface area (Å²) in [6.45, 7) is 4.78. The molecule has 2 atom stereocenters. The van der Waals surface area contributed by atoms with Crippen molar-refractivity contribution < 1.29 is 9.30 Å². The van der Waals surface area contributed by atoms with Gasteiger partial charge in [0.15, 0.2) is 17.7 Å². The second-order valence-electron chi connectivity index (χ2n) is 13.9. The summed E-state index contributed by atoms with van der Waals surface area (Å²) in [5.41, 5.74) is 14.0. The molecule has 0 saturated carbocycles. The van der Waals surface area contributed by atoms with Gasteiger partial charge in [-0.3, -0.25) is 4.90 Å². The number of ether oxygens (including phenoxy) is 1. The van der Waals surface area contributed by atoms with Crippen LogP contribution in [0.5, 0.6) is 11.5 Å². The Kier molecular flexibility index (Phi) is 3.74. The monoisotopic (exact) mass is 594 g/mol. The van der Waals surface area contributed by atoms with Crippen molar-refractivity contribution >= 4 is 34.4 Å². The van der Waals surface area contributed by atoms with Crippen molar-refractivity contribution in [3.8, 4) is 33.8 Å². The summed E-state index contributed by atoms with van der Waals surface area (Å²) < 4.78 is 9.59. The first-order chi connectivity index (χ1) is 22.5. The van der Waals surface area contributed by atoms with Crippen LogP contribution in [-0.2, 0) is 11.0 Å². The van der Waals surface area contributed by atoms with Gasteiger partial charge in [-0.1, -0.05) is 62.4 Å². The highest BCUT2D eigenvalue weighted by molar-refractivity contribution is 6.07. The molecular weight excluding hydrogens is 566 g/mol. The van der Waals surface area contributed by atoms with Crippen LogP contribution in [0.25, 0.3) is 22.3 Å². The number of benzene rings is 4. The Bertz CT molecular complexity index is 2450. The topological polar surface area (TPSA) is 35.7 Å². The number of nitrogens with zero attached hydrogens (tertiary/aromatic N) is 5. The molecule has 218 valence electrons. The van der Waals surface area contributed by atoms with Crippen molar-refractivity contribution in [3.63, 3.8) is 0 Å². The third kappa shape index (κ3) is 2.22. The number of anilines is 6. The van der Waals surface area contributed by atoms with E-state index in [1.165, 1.54) is 61.7 Å². The third-order valence-electron chi connectivity index (χ3n) is 11.6. The van der Waals surface area contributed by atoms with Crippen molar-refractivity contribution in [1.29, 1.82) is 0 Å². The molecule has 8 heterocycles. The summed E-state index contributed by atoms with van der Waals surface area (Å²) >= 11 is 0. The molecule has 2 unspecified atom stereocenters. The van der Waals surface area contributed by atoms with Gasteiger partial charge in [-0.2, -0.15) is 4.90 Å². The molecule has 12 rings (SSSR count). The second kappa shape index (κ2) is 7.26. The van der Waals surface area contributed by atoms with Crippen LogP contribution in [0.1, 0.15) is 36.1 Å². The average Bonchev–Trinajstić information content (AvgIpc) is 3.51. The van der Waals surface area contributed by atoms with Gasteiger partial charge in [-0.05, 0) is 59.7 Å². The summed E-state index contributed by atoms with van der Waals surface area (Å²) in [5, 5.41) is 0. The van der Waals surface area contributed by atoms with E-state index in [0.29, 0.717) is 0 Å². The molecule has 0 radical (unpaired) electrons. The Balaban J connectivity index is 1.35. The van der Waals surface area contributed by atoms with Gasteiger partial charge < -0.3 is 9.64 Å². The number of hydrogen-bond acceptors (Lipinski definition) is 5. The van der Waals surface area contributed by atoms with Gasteiger partial charge in [0.2, 0.25) is 5.54 Å². The summed E-state index contributed by atoms with van der Waals surface area (Å²) in [6, 6.07) is 35.7. The van der Waals surface area contributed by atoms with Gasteiger partial charge in [-0.15, -0.1) is 0 Å². The van der Waals surface area contributed by atoms with E-state index < -0.39 is 5.54 Å². The van der Waals surface area contributed by atoms with E-state index in [9.17, 15) is 0 Å². The van der Waals surface area contributed by atoms with Crippen LogP contribution in [-0.4, -0.2) is 18.2 Å². The van der Waals surface area contributed by atoms with E-state index >= 15 is 0 Å². The first kappa shape index (κ1) is 23.7. The summed E-state index contributed by atoms with van der Waals surface area (Å²) in [5.74, 6) is 4.04. The normalized spacial score (nSPS) is 21.5. The Morgan fingerprint density at radius 2 is 1.43 bits per heavy atom. The van der Waals surface area contributed by atoms with E-state index in [2.05, 4.69) is 143 Å². The number of fused-ring (bicyclic) bond motifs is 7. The van der Waals surface area contributed by atoms with Crippen LogP contribution in [0.15, 0.2) is 109 Å². The molecule has 0 amide bonds. The Morgan fingerprint density at radius 1 is 0.696 bits per heavy atom. The predicted molar refractivity (Wildman–Crippen MR) is 179 cm³/mol. The number of aromatic nitrogens is 2. The Labute approximate surface area is 266 Å². The zero-order valence-corrected chi connectivity index (χ0v) is 25.6. The molecule has 4 aromatic carbocycles. The van der Waals surface area contributed by atoms with Gasteiger partial charge in [0.25, 0.3) is 5.82 Å². The minimum Gasteiger partial charge on any atom is -0.456 e. The van der Waals surface area contributed by atoms with Crippen LogP contribution in [0.2, 0.25) is 0 Å². The lowest BCUT2D eigenvalue weighted by Gasteiger charge is -2.49. The maximum absolute atomic E-state index is 6.98. The van der Waals surface area contributed by atoms with Crippen molar-refractivity contribution in [2.24, 2.45) is 0 Å². The molecule has 1 spiro atoms. The van der Waals surface area contributed by atoms with Crippen molar-refractivity contribution in [2.45, 2.75) is 31.0 Å². The highest BCUT2D eigenvalue weighted by Crippen LogP contribution is 2.70. The molecule has 0 fully saturated rings. The number of para-hydroxylation sites is 1. The standard InChI is InChI=1S/C40H28N5O/c1-39(2)26-13-6-12-24-22-10-4-5-11-23(22)25-18-19-31-33-35(25)45(34(24)26)37-27(39)14-9-21-43(37)40(33)32-28(15-7-17-30(32)46-31)44-36-29(16-8-20-41-36)42(3)38(40)44/h4-21,38H,1-3H3/q+1. The highest BCUT2D eigenvalue weighted by Gasteiger charge is 2.71. The Hall–Kier alpha value is -5.62. The average molecular weight is 595 g/mol. The van der Waals surface area contributed by atoms with Crippen LogP contribution in [0.3, 0.4) is 0 Å². The number of rotatable bonds is 0. The Morgan fingerprint density at radius 3 is 2.30 bits per heavy atom. The molecular formula is C40H28N5O+. The first-order valence-corrected chi connectivity index (χ1v) is 16.1. The molecule has 6 aliphatic rings. The summed E-state index contributed by atoms with van der Waals surface area (Å²) in [4.78, 5) is 12.5. The lowest BCUT2D eigenvalue weighted by atomic mass is 9.70. The van der Waals surface area contributed by atoms with Gasteiger partial charge in [0, 0.05) is 35.3 Å². The molecule has 0 bridgehead atoms. The molecule has 6 nitrogen and oxygen atoms in total. The van der Waals surface area contributed by atoms with E-state index in [4.69, 9.17) is 9.72 Å². The SMILES string of the molecule is CN1c2cccnc2N2c3cccc4c3C3(c5c(ccc6c5N5c7c(cccc7C(C)(C)c7ccc[n+]3c75)-c3ccccc3-6)O4)C12. The van der Waals surface area contributed by atoms with E-state index in [-0.39, 0.29) is 11.6 Å². The van der Waals surface area contributed by atoms with E-state index in [1.54, 1.807) is 0 Å². The van der Waals surface area contributed by atoms with Gasteiger partial charge >= 0.3 is 0 Å². The second-order valence-corrected chi connectivity index (χ2v) is 13.9. The van der Waals surface area contributed by atoms with Crippen molar-refractivity contribution in [2.75, 3.05) is 21.7 Å².